The summed E-state index contributed by atoms with van der Waals surface area (Å²) < 4.78 is 0. The van der Waals surface area contributed by atoms with E-state index in [1.165, 1.54) is 77.1 Å². The zero-order chi connectivity index (χ0) is 40.8. The van der Waals surface area contributed by atoms with Crippen LogP contribution in [0.5, 0.6) is 0 Å². The van der Waals surface area contributed by atoms with Crippen LogP contribution in [0.25, 0.3) is 32.3 Å². The van der Waals surface area contributed by atoms with Crippen molar-refractivity contribution < 1.29 is 0 Å². The van der Waals surface area contributed by atoms with Gasteiger partial charge in [-0.05, 0) is 154 Å². The highest BCUT2D eigenvalue weighted by Crippen LogP contribution is 2.49. The van der Waals surface area contributed by atoms with Crippen LogP contribution in [0.4, 0.5) is 34.1 Å². The third-order valence-corrected chi connectivity index (χ3v) is 12.1. The molecule has 0 radical (unpaired) electrons. The van der Waals surface area contributed by atoms with Crippen LogP contribution >= 0.6 is 0 Å². The number of rotatable bonds is 10. The summed E-state index contributed by atoms with van der Waals surface area (Å²) in [6, 6.07) is 55.7. The van der Waals surface area contributed by atoms with E-state index in [9.17, 15) is 0 Å². The molecule has 0 saturated heterocycles. The van der Waals surface area contributed by atoms with Crippen molar-refractivity contribution in [2.45, 2.75) is 92.9 Å². The molecule has 0 heterocycles. The SMILES string of the molecule is Cc1ccc(N(c2ccc(C(C)C)cc2)c2cc3c4ccc(C(C)C)cc4c(N(c4ccc(C)cc4)c4ccc(C(C)C)cc4)cc3c3ccc(C(C)C)cc23)cc1. The van der Waals surface area contributed by atoms with Gasteiger partial charge in [-0.15, -0.1) is 0 Å². The Hall–Kier alpha value is -5.86. The minimum absolute atomic E-state index is 0.388. The molecule has 8 aromatic rings. The molecule has 8 aromatic carbocycles. The second-order valence-corrected chi connectivity index (χ2v) is 17.6. The van der Waals surface area contributed by atoms with Gasteiger partial charge in [-0.3, -0.25) is 0 Å². The largest absolute Gasteiger partial charge is 0.310 e. The predicted octanol–water partition coefficient (Wildman–Crippen LogP) is 17.2. The van der Waals surface area contributed by atoms with E-state index in [0.29, 0.717) is 23.7 Å². The molecule has 58 heavy (non-hydrogen) atoms. The van der Waals surface area contributed by atoms with E-state index in [1.807, 2.05) is 0 Å². The van der Waals surface area contributed by atoms with E-state index in [4.69, 9.17) is 0 Å². The third kappa shape index (κ3) is 7.37. The molecule has 0 aliphatic heterocycles. The third-order valence-electron chi connectivity index (χ3n) is 12.1. The molecule has 2 nitrogen and oxygen atoms in total. The fourth-order valence-electron chi connectivity index (χ4n) is 8.39. The van der Waals surface area contributed by atoms with Crippen LogP contribution in [-0.2, 0) is 0 Å². The van der Waals surface area contributed by atoms with Gasteiger partial charge in [-0.2, -0.15) is 0 Å². The average Bonchev–Trinajstić information content (AvgIpc) is 3.22. The fourth-order valence-corrected chi connectivity index (χ4v) is 8.39. The Labute approximate surface area is 346 Å². The Morgan fingerprint density at radius 1 is 0.276 bits per heavy atom. The van der Waals surface area contributed by atoms with Crippen LogP contribution in [0.3, 0.4) is 0 Å². The normalized spacial score (nSPS) is 11.9. The van der Waals surface area contributed by atoms with E-state index in [0.717, 1.165) is 22.7 Å². The molecule has 0 fully saturated rings. The van der Waals surface area contributed by atoms with Gasteiger partial charge < -0.3 is 9.80 Å². The maximum absolute atomic E-state index is 2.48. The first-order valence-electron chi connectivity index (χ1n) is 21.3. The van der Waals surface area contributed by atoms with Crippen molar-refractivity contribution in [3.8, 4) is 0 Å². The van der Waals surface area contributed by atoms with Gasteiger partial charge in [0, 0.05) is 33.5 Å². The molecule has 0 amide bonds. The first kappa shape index (κ1) is 39.0. The van der Waals surface area contributed by atoms with Crippen molar-refractivity contribution in [1.82, 2.24) is 0 Å². The van der Waals surface area contributed by atoms with Crippen molar-refractivity contribution in [2.75, 3.05) is 9.80 Å². The van der Waals surface area contributed by atoms with Gasteiger partial charge in [-0.1, -0.05) is 139 Å². The van der Waals surface area contributed by atoms with Crippen molar-refractivity contribution in [3.05, 3.63) is 179 Å². The lowest BCUT2D eigenvalue weighted by Crippen LogP contribution is -2.12. The van der Waals surface area contributed by atoms with Crippen LogP contribution in [0.15, 0.2) is 146 Å². The Morgan fingerprint density at radius 2 is 0.552 bits per heavy atom. The summed E-state index contributed by atoms with van der Waals surface area (Å²) in [5, 5.41) is 7.51. The number of benzene rings is 8. The number of hydrogen-bond acceptors (Lipinski definition) is 2. The molecule has 292 valence electrons. The fraction of sp³-hybridized carbons (Fsp3) is 0.250. The first-order valence-corrected chi connectivity index (χ1v) is 21.3. The van der Waals surface area contributed by atoms with Gasteiger partial charge >= 0.3 is 0 Å². The van der Waals surface area contributed by atoms with Crippen molar-refractivity contribution in [3.63, 3.8) is 0 Å². The van der Waals surface area contributed by atoms with E-state index in [-0.39, 0.29) is 0 Å². The van der Waals surface area contributed by atoms with Crippen LogP contribution < -0.4 is 9.80 Å². The Morgan fingerprint density at radius 3 is 0.845 bits per heavy atom. The predicted molar refractivity (Wildman–Crippen MR) is 254 cm³/mol. The highest BCUT2D eigenvalue weighted by atomic mass is 15.2. The lowest BCUT2D eigenvalue weighted by atomic mass is 9.89. The Kier molecular flexibility index (Phi) is 10.6. The van der Waals surface area contributed by atoms with Crippen molar-refractivity contribution in [2.24, 2.45) is 0 Å². The number of nitrogens with zero attached hydrogens (tertiary/aromatic N) is 2. The molecule has 0 unspecified atom stereocenters. The molecule has 0 bridgehead atoms. The summed E-state index contributed by atoms with van der Waals surface area (Å²) >= 11 is 0. The van der Waals surface area contributed by atoms with Crippen LogP contribution in [0.2, 0.25) is 0 Å². The minimum atomic E-state index is 0.388. The molecule has 0 spiro atoms. The van der Waals surface area contributed by atoms with Crippen LogP contribution in [-0.4, -0.2) is 0 Å². The second-order valence-electron chi connectivity index (χ2n) is 17.6. The molecule has 2 heteroatoms. The maximum atomic E-state index is 2.48. The Balaban J connectivity index is 1.50. The summed E-state index contributed by atoms with van der Waals surface area (Å²) in [6.07, 6.45) is 0. The number of anilines is 6. The standard InChI is InChI=1S/C56H58N2/c1-35(2)41-15-25-47(26-16-41)57(45-21-11-39(9)12-22-45)55-33-51-50-30-20-44(38(7)8)32-54(50)56(34-52(51)49-29-19-43(37(5)6)31-53(49)55)58(46-23-13-40(10)14-24-46)48-27-17-42(18-28-48)36(3)4/h11-38H,1-10H3. The number of hydrogen-bond donors (Lipinski definition) is 0. The number of fused-ring (bicyclic) bond motifs is 5. The Bertz CT molecular complexity index is 2520. The van der Waals surface area contributed by atoms with Gasteiger partial charge in [0.25, 0.3) is 0 Å². The van der Waals surface area contributed by atoms with Gasteiger partial charge in [0.05, 0.1) is 11.4 Å². The molecule has 8 rings (SSSR count). The van der Waals surface area contributed by atoms with Gasteiger partial charge in [0.1, 0.15) is 0 Å². The minimum Gasteiger partial charge on any atom is -0.310 e. The summed E-state index contributed by atoms with van der Waals surface area (Å²) in [5.74, 6) is 1.69. The molecule has 0 N–H and O–H groups in total. The molecule has 0 atom stereocenters. The smallest absolute Gasteiger partial charge is 0.0546 e. The molecule has 0 aliphatic rings. The lowest BCUT2D eigenvalue weighted by molar-refractivity contribution is 0.866. The summed E-state index contributed by atoms with van der Waals surface area (Å²) in [6.45, 7) is 22.6. The van der Waals surface area contributed by atoms with Crippen LogP contribution in [0.1, 0.15) is 112 Å². The van der Waals surface area contributed by atoms with E-state index < -0.39 is 0 Å². The van der Waals surface area contributed by atoms with E-state index in [1.54, 1.807) is 0 Å². The summed E-state index contributed by atoms with van der Waals surface area (Å²) in [4.78, 5) is 4.96. The highest BCUT2D eigenvalue weighted by Gasteiger charge is 2.23. The summed E-state index contributed by atoms with van der Waals surface area (Å²) in [5.41, 5.74) is 14.8. The lowest BCUT2D eigenvalue weighted by Gasteiger charge is -2.30. The monoisotopic (exact) mass is 758 g/mol. The van der Waals surface area contributed by atoms with Crippen molar-refractivity contribution in [1.29, 1.82) is 0 Å². The molecule has 0 aliphatic carbocycles. The van der Waals surface area contributed by atoms with E-state index >= 15 is 0 Å². The van der Waals surface area contributed by atoms with Gasteiger partial charge in [0.2, 0.25) is 0 Å². The number of aryl methyl sites for hydroxylation is 2. The van der Waals surface area contributed by atoms with Gasteiger partial charge in [0.15, 0.2) is 0 Å². The second kappa shape index (κ2) is 15.8. The zero-order valence-electron chi connectivity index (χ0n) is 36.1. The molecule has 0 saturated carbocycles. The summed E-state index contributed by atoms with van der Waals surface area (Å²) in [7, 11) is 0. The van der Waals surface area contributed by atoms with Crippen molar-refractivity contribution >= 4 is 66.4 Å². The first-order chi connectivity index (χ1) is 27.9. The highest BCUT2D eigenvalue weighted by molar-refractivity contribution is 6.24. The average molecular weight is 759 g/mol. The molecule has 0 aromatic heterocycles. The van der Waals surface area contributed by atoms with Gasteiger partial charge in [-0.25, -0.2) is 0 Å². The van der Waals surface area contributed by atoms with E-state index in [2.05, 4.69) is 225 Å². The van der Waals surface area contributed by atoms with Crippen LogP contribution in [0, 0.1) is 13.8 Å². The molecular weight excluding hydrogens is 701 g/mol. The topological polar surface area (TPSA) is 6.48 Å². The molecular formula is C56H58N2. The quantitative estimate of drug-likeness (QED) is 0.128. The maximum Gasteiger partial charge on any atom is 0.0546 e. The zero-order valence-corrected chi connectivity index (χ0v) is 36.1.